The maximum atomic E-state index is 2.69. The first kappa shape index (κ1) is 52.4. The topological polar surface area (TPSA) is 0 Å². The fourth-order valence-electron chi connectivity index (χ4n) is 12.9. The van der Waals surface area contributed by atoms with Gasteiger partial charge in [0.25, 0.3) is 0 Å². The highest BCUT2D eigenvalue weighted by molar-refractivity contribution is 7.14. The molecular formula is C70H86S2. The van der Waals surface area contributed by atoms with Crippen molar-refractivity contribution in [1.29, 1.82) is 0 Å². The van der Waals surface area contributed by atoms with Gasteiger partial charge in [0.1, 0.15) is 0 Å². The van der Waals surface area contributed by atoms with Gasteiger partial charge in [0.15, 0.2) is 0 Å². The minimum Gasteiger partial charge on any atom is -0.143 e. The number of aryl methyl sites for hydroxylation is 4. The van der Waals surface area contributed by atoms with Gasteiger partial charge in [0.2, 0.25) is 0 Å². The summed E-state index contributed by atoms with van der Waals surface area (Å²) in [6, 6.07) is 50.2. The van der Waals surface area contributed by atoms with E-state index in [-0.39, 0.29) is 0 Å². The first-order valence-corrected chi connectivity index (χ1v) is 31.1. The molecule has 0 amide bonds. The predicted octanol–water partition coefficient (Wildman–Crippen LogP) is 21.4. The Bertz CT molecular complexity index is 2670. The summed E-state index contributed by atoms with van der Waals surface area (Å²) in [4.78, 5) is 2.86. The van der Waals surface area contributed by atoms with Crippen LogP contribution in [0.3, 0.4) is 0 Å². The minimum atomic E-state index is -0.419. The van der Waals surface area contributed by atoms with Gasteiger partial charge in [-0.15, -0.1) is 22.7 Å². The van der Waals surface area contributed by atoms with E-state index in [2.05, 4.69) is 160 Å². The predicted molar refractivity (Wildman–Crippen MR) is 316 cm³/mol. The normalized spacial score (nSPS) is 15.2. The number of hydrogen-bond donors (Lipinski definition) is 0. The number of benzene rings is 5. The van der Waals surface area contributed by atoms with E-state index in [4.69, 9.17) is 0 Å². The highest BCUT2D eigenvalue weighted by Crippen LogP contribution is 2.64. The molecule has 1 atom stereocenters. The van der Waals surface area contributed by atoms with Crippen molar-refractivity contribution < 1.29 is 0 Å². The van der Waals surface area contributed by atoms with Gasteiger partial charge in [-0.25, -0.2) is 0 Å². The summed E-state index contributed by atoms with van der Waals surface area (Å²) < 4.78 is 0. The van der Waals surface area contributed by atoms with Crippen molar-refractivity contribution in [2.45, 2.75) is 205 Å². The summed E-state index contributed by atoms with van der Waals surface area (Å²) in [6.07, 6.45) is 33.7. The van der Waals surface area contributed by atoms with Crippen LogP contribution in [0.15, 0.2) is 132 Å². The van der Waals surface area contributed by atoms with Gasteiger partial charge in [-0.1, -0.05) is 240 Å². The van der Waals surface area contributed by atoms with Crippen molar-refractivity contribution >= 4 is 22.7 Å². The standard InChI is InChI=1S/C70H86S2/c1-5-9-13-17-20-24-28-54-33-41-58(42-34-54)69(57-39-31-53(32-40-57)27-23-16-12-8-4)63-47-49-71-67(63)61-52-66-62(51-65(61)69)68-64(48-50-72-68)70(66,59-43-35-55(36-44-59)29-25-21-18-14-10-6-2)60-45-37-56(38-46-60)30-26-22-19-15-11-7-3/h31-52H,5-30H2,1-4H3. The Labute approximate surface area is 445 Å². The fraction of sp³-hybridized carbons (Fsp3) is 0.457. The SMILES string of the molecule is CCCCCCCCc1ccc(C2(c3ccc(CCCCCC)cc3)c3cc4c(cc3-c3sccc32)C(c2ccc(CCCCCCCC)cc2)(c2ccc(CCCCCCCC)cc2)c2ccsc2-4)cc1. The molecule has 0 saturated carbocycles. The van der Waals surface area contributed by atoms with Crippen molar-refractivity contribution in [3.63, 3.8) is 0 Å². The second-order valence-electron chi connectivity index (χ2n) is 21.9. The number of hydrogen-bond acceptors (Lipinski definition) is 2. The quantitative estimate of drug-likeness (QED) is 0.0394. The number of rotatable bonds is 30. The smallest absolute Gasteiger partial charge is 0.0722 e. The molecule has 0 bridgehead atoms. The van der Waals surface area contributed by atoms with E-state index in [1.807, 2.05) is 22.7 Å². The molecule has 7 aromatic rings. The van der Waals surface area contributed by atoms with Gasteiger partial charge in [-0.3, -0.25) is 0 Å². The van der Waals surface area contributed by atoms with Crippen LogP contribution in [0.4, 0.5) is 0 Å². The molecule has 2 aliphatic carbocycles. The molecule has 0 saturated heterocycles. The second kappa shape index (κ2) is 25.6. The van der Waals surface area contributed by atoms with E-state index >= 15 is 0 Å². The summed E-state index contributed by atoms with van der Waals surface area (Å²) >= 11 is 3.89. The first-order valence-electron chi connectivity index (χ1n) is 29.3. The average Bonchev–Trinajstić information content (AvgIpc) is 4.21. The molecule has 1 unspecified atom stereocenters. The van der Waals surface area contributed by atoms with E-state index in [1.54, 1.807) is 0 Å². The molecule has 5 aromatic carbocycles. The van der Waals surface area contributed by atoms with Crippen molar-refractivity contribution in [3.05, 3.63) is 199 Å². The summed E-state index contributed by atoms with van der Waals surface area (Å²) in [5.41, 5.74) is 19.2. The Morgan fingerprint density at radius 3 is 0.806 bits per heavy atom. The van der Waals surface area contributed by atoms with Gasteiger partial charge in [-0.2, -0.15) is 0 Å². The minimum absolute atomic E-state index is 0.418. The zero-order valence-electron chi connectivity index (χ0n) is 44.9. The highest BCUT2D eigenvalue weighted by atomic mass is 32.1. The molecule has 72 heavy (non-hydrogen) atoms. The molecule has 2 heteroatoms. The lowest BCUT2D eigenvalue weighted by atomic mass is 9.65. The van der Waals surface area contributed by atoms with Crippen LogP contribution in [-0.2, 0) is 36.5 Å². The molecular weight excluding hydrogens is 905 g/mol. The van der Waals surface area contributed by atoms with E-state index in [0.717, 1.165) is 25.7 Å². The molecule has 0 fully saturated rings. The summed E-state index contributed by atoms with van der Waals surface area (Å²) in [6.45, 7) is 9.25. The van der Waals surface area contributed by atoms with Crippen LogP contribution >= 0.6 is 22.7 Å². The van der Waals surface area contributed by atoms with Crippen LogP contribution in [0.2, 0.25) is 0 Å². The lowest BCUT2D eigenvalue weighted by molar-refractivity contribution is 0.607. The Morgan fingerprint density at radius 2 is 0.528 bits per heavy atom. The third-order valence-electron chi connectivity index (χ3n) is 16.9. The summed E-state index contributed by atoms with van der Waals surface area (Å²) in [5, 5.41) is 4.75. The second-order valence-corrected chi connectivity index (χ2v) is 23.8. The third kappa shape index (κ3) is 11.0. The Hall–Kier alpha value is -4.50. The zero-order chi connectivity index (χ0) is 49.6. The molecule has 2 heterocycles. The van der Waals surface area contributed by atoms with Crippen molar-refractivity contribution in [1.82, 2.24) is 0 Å². The Morgan fingerprint density at radius 1 is 0.278 bits per heavy atom. The van der Waals surface area contributed by atoms with Crippen molar-refractivity contribution in [2.75, 3.05) is 0 Å². The molecule has 2 aromatic heterocycles. The molecule has 0 aliphatic heterocycles. The number of unbranched alkanes of at least 4 members (excludes halogenated alkanes) is 18. The molecule has 2 aliphatic rings. The van der Waals surface area contributed by atoms with Gasteiger partial charge in [0, 0.05) is 9.75 Å². The monoisotopic (exact) mass is 991 g/mol. The van der Waals surface area contributed by atoms with Crippen molar-refractivity contribution in [2.24, 2.45) is 0 Å². The zero-order valence-corrected chi connectivity index (χ0v) is 46.5. The van der Waals surface area contributed by atoms with Crippen LogP contribution in [-0.4, -0.2) is 0 Å². The van der Waals surface area contributed by atoms with Crippen LogP contribution < -0.4 is 0 Å². The highest BCUT2D eigenvalue weighted by Gasteiger charge is 2.52. The average molecular weight is 992 g/mol. The first-order chi connectivity index (χ1) is 35.6. The maximum Gasteiger partial charge on any atom is 0.0722 e. The fourth-order valence-corrected chi connectivity index (χ4v) is 14.8. The van der Waals surface area contributed by atoms with Crippen LogP contribution in [0.25, 0.3) is 20.9 Å². The molecule has 0 N–H and O–H groups in total. The van der Waals surface area contributed by atoms with Gasteiger partial charge >= 0.3 is 0 Å². The Kier molecular flexibility index (Phi) is 18.6. The maximum absolute atomic E-state index is 2.69. The largest absolute Gasteiger partial charge is 0.143 e. The van der Waals surface area contributed by atoms with Crippen molar-refractivity contribution in [3.8, 4) is 20.9 Å². The van der Waals surface area contributed by atoms with Crippen LogP contribution in [0.1, 0.15) is 236 Å². The Balaban J connectivity index is 1.15. The molecule has 0 radical (unpaired) electrons. The lowest BCUT2D eigenvalue weighted by Gasteiger charge is -2.35. The molecule has 9 rings (SSSR count). The molecule has 378 valence electrons. The van der Waals surface area contributed by atoms with E-state index in [0.29, 0.717) is 0 Å². The van der Waals surface area contributed by atoms with Gasteiger partial charge in [-0.05, 0) is 164 Å². The summed E-state index contributed by atoms with van der Waals surface area (Å²) in [5.74, 6) is 0. The van der Waals surface area contributed by atoms with Crippen LogP contribution in [0, 0.1) is 0 Å². The molecule has 0 spiro atoms. The third-order valence-corrected chi connectivity index (χ3v) is 18.8. The van der Waals surface area contributed by atoms with E-state index in [9.17, 15) is 0 Å². The van der Waals surface area contributed by atoms with Gasteiger partial charge in [0.05, 0.1) is 10.8 Å². The van der Waals surface area contributed by atoms with E-state index in [1.165, 1.54) is 229 Å². The number of thiophene rings is 2. The van der Waals surface area contributed by atoms with Crippen LogP contribution in [0.5, 0.6) is 0 Å². The van der Waals surface area contributed by atoms with Gasteiger partial charge < -0.3 is 0 Å². The summed E-state index contributed by atoms with van der Waals surface area (Å²) in [7, 11) is 0. The lowest BCUT2D eigenvalue weighted by Crippen LogP contribution is -2.30. The number of fused-ring (bicyclic) bond motifs is 6. The molecule has 0 nitrogen and oxygen atoms in total. The van der Waals surface area contributed by atoms with E-state index < -0.39 is 10.8 Å².